The van der Waals surface area contributed by atoms with Gasteiger partial charge in [0, 0.05) is 11.5 Å². The SMILES string of the molecule is CNC(=O)Cc1ccc(-c2ccc(Br)cc2)cc1. The quantitative estimate of drug-likeness (QED) is 0.925. The molecule has 1 N–H and O–H groups in total. The summed E-state index contributed by atoms with van der Waals surface area (Å²) in [6.07, 6.45) is 0.428. The van der Waals surface area contributed by atoms with Gasteiger partial charge in [0.15, 0.2) is 0 Å². The zero-order valence-corrected chi connectivity index (χ0v) is 11.7. The Labute approximate surface area is 115 Å². The van der Waals surface area contributed by atoms with Crippen LogP contribution in [0.1, 0.15) is 5.56 Å². The summed E-state index contributed by atoms with van der Waals surface area (Å²) in [6, 6.07) is 16.2. The highest BCUT2D eigenvalue weighted by atomic mass is 79.9. The summed E-state index contributed by atoms with van der Waals surface area (Å²) in [6.45, 7) is 0. The fraction of sp³-hybridized carbons (Fsp3) is 0.133. The maximum Gasteiger partial charge on any atom is 0.224 e. The van der Waals surface area contributed by atoms with Crippen LogP contribution in [0.15, 0.2) is 53.0 Å². The third kappa shape index (κ3) is 3.20. The lowest BCUT2D eigenvalue weighted by Crippen LogP contribution is -2.19. The van der Waals surface area contributed by atoms with Gasteiger partial charge in [-0.15, -0.1) is 0 Å². The first-order valence-corrected chi connectivity index (χ1v) is 6.54. The molecule has 0 heterocycles. The minimum atomic E-state index is 0.0337. The number of carbonyl (C=O) groups excluding carboxylic acids is 1. The second-order valence-electron chi connectivity index (χ2n) is 4.05. The van der Waals surface area contributed by atoms with E-state index in [2.05, 4.69) is 33.4 Å². The maximum atomic E-state index is 11.3. The molecule has 0 atom stereocenters. The number of hydrogen-bond donors (Lipinski definition) is 1. The largest absolute Gasteiger partial charge is 0.359 e. The molecule has 0 spiro atoms. The lowest BCUT2D eigenvalue weighted by atomic mass is 10.0. The zero-order valence-electron chi connectivity index (χ0n) is 10.1. The van der Waals surface area contributed by atoms with Gasteiger partial charge in [0.25, 0.3) is 0 Å². The minimum absolute atomic E-state index is 0.0337. The second-order valence-corrected chi connectivity index (χ2v) is 4.97. The number of benzene rings is 2. The van der Waals surface area contributed by atoms with Crippen LogP contribution in [-0.4, -0.2) is 13.0 Å². The highest BCUT2D eigenvalue weighted by Crippen LogP contribution is 2.22. The van der Waals surface area contributed by atoms with Crippen molar-refractivity contribution in [3.05, 3.63) is 58.6 Å². The summed E-state index contributed by atoms with van der Waals surface area (Å²) < 4.78 is 1.07. The summed E-state index contributed by atoms with van der Waals surface area (Å²) in [5.74, 6) is 0.0337. The monoisotopic (exact) mass is 303 g/mol. The lowest BCUT2D eigenvalue weighted by molar-refractivity contribution is -0.119. The number of rotatable bonds is 3. The van der Waals surface area contributed by atoms with E-state index in [1.165, 1.54) is 5.56 Å². The number of hydrogen-bond acceptors (Lipinski definition) is 1. The van der Waals surface area contributed by atoms with E-state index in [0.717, 1.165) is 15.6 Å². The van der Waals surface area contributed by atoms with E-state index >= 15 is 0 Å². The van der Waals surface area contributed by atoms with Crippen molar-refractivity contribution in [2.45, 2.75) is 6.42 Å². The van der Waals surface area contributed by atoms with E-state index in [1.807, 2.05) is 36.4 Å². The summed E-state index contributed by atoms with van der Waals surface area (Å²) in [5, 5.41) is 2.62. The molecule has 18 heavy (non-hydrogen) atoms. The predicted molar refractivity (Wildman–Crippen MR) is 77.3 cm³/mol. The Hall–Kier alpha value is -1.61. The molecule has 0 radical (unpaired) electrons. The van der Waals surface area contributed by atoms with Gasteiger partial charge in [0.2, 0.25) is 5.91 Å². The Kier molecular flexibility index (Phi) is 4.15. The summed E-state index contributed by atoms with van der Waals surface area (Å²) >= 11 is 3.42. The normalized spacial score (nSPS) is 10.1. The van der Waals surface area contributed by atoms with Crippen molar-refractivity contribution in [2.24, 2.45) is 0 Å². The van der Waals surface area contributed by atoms with Gasteiger partial charge >= 0.3 is 0 Å². The van der Waals surface area contributed by atoms with Crippen molar-refractivity contribution >= 4 is 21.8 Å². The second kappa shape index (κ2) is 5.83. The van der Waals surface area contributed by atoms with Crippen LogP contribution in [0.25, 0.3) is 11.1 Å². The molecule has 0 aromatic heterocycles. The Morgan fingerprint density at radius 1 is 1.00 bits per heavy atom. The average Bonchev–Trinajstić information content (AvgIpc) is 2.40. The van der Waals surface area contributed by atoms with Gasteiger partial charge in [-0.3, -0.25) is 4.79 Å². The molecule has 0 saturated heterocycles. The van der Waals surface area contributed by atoms with Crippen LogP contribution in [0, 0.1) is 0 Å². The van der Waals surface area contributed by atoms with Crippen LogP contribution in [0.5, 0.6) is 0 Å². The van der Waals surface area contributed by atoms with E-state index < -0.39 is 0 Å². The maximum absolute atomic E-state index is 11.3. The first-order valence-electron chi connectivity index (χ1n) is 5.74. The van der Waals surface area contributed by atoms with Gasteiger partial charge in [0.1, 0.15) is 0 Å². The summed E-state index contributed by atoms with van der Waals surface area (Å²) in [4.78, 5) is 11.3. The van der Waals surface area contributed by atoms with Gasteiger partial charge in [-0.05, 0) is 28.8 Å². The third-order valence-electron chi connectivity index (χ3n) is 2.78. The topological polar surface area (TPSA) is 29.1 Å². The van der Waals surface area contributed by atoms with Crippen molar-refractivity contribution in [1.29, 1.82) is 0 Å². The highest BCUT2D eigenvalue weighted by Gasteiger charge is 2.02. The molecule has 92 valence electrons. The van der Waals surface area contributed by atoms with E-state index in [4.69, 9.17) is 0 Å². The van der Waals surface area contributed by atoms with Gasteiger partial charge in [-0.25, -0.2) is 0 Å². The molecule has 1 amide bonds. The van der Waals surface area contributed by atoms with Gasteiger partial charge in [-0.2, -0.15) is 0 Å². The molecule has 0 unspecified atom stereocenters. The van der Waals surface area contributed by atoms with Crippen LogP contribution in [-0.2, 0) is 11.2 Å². The van der Waals surface area contributed by atoms with Crippen molar-refractivity contribution in [1.82, 2.24) is 5.32 Å². The smallest absolute Gasteiger partial charge is 0.224 e. The molecule has 0 saturated carbocycles. The van der Waals surface area contributed by atoms with Crippen LogP contribution in [0.4, 0.5) is 0 Å². The Bertz CT molecular complexity index is 531. The molecular weight excluding hydrogens is 290 g/mol. The van der Waals surface area contributed by atoms with E-state index in [-0.39, 0.29) is 5.91 Å². The van der Waals surface area contributed by atoms with Crippen LogP contribution in [0.3, 0.4) is 0 Å². The summed E-state index contributed by atoms with van der Waals surface area (Å²) in [7, 11) is 1.65. The minimum Gasteiger partial charge on any atom is -0.359 e. The van der Waals surface area contributed by atoms with Crippen molar-refractivity contribution in [2.75, 3.05) is 7.05 Å². The Balaban J connectivity index is 2.17. The van der Waals surface area contributed by atoms with E-state index in [9.17, 15) is 4.79 Å². The summed E-state index contributed by atoms with van der Waals surface area (Å²) in [5.41, 5.74) is 3.35. The molecule has 2 aromatic rings. The molecule has 2 aromatic carbocycles. The molecule has 3 heteroatoms. The number of halogens is 1. The molecule has 2 rings (SSSR count). The fourth-order valence-electron chi connectivity index (χ4n) is 1.73. The van der Waals surface area contributed by atoms with Crippen LogP contribution >= 0.6 is 15.9 Å². The third-order valence-corrected chi connectivity index (χ3v) is 3.30. The first kappa shape index (κ1) is 12.8. The molecule has 0 bridgehead atoms. The van der Waals surface area contributed by atoms with Crippen molar-refractivity contribution < 1.29 is 4.79 Å². The Morgan fingerprint density at radius 3 is 2.00 bits per heavy atom. The van der Waals surface area contributed by atoms with E-state index in [1.54, 1.807) is 7.05 Å². The number of likely N-dealkylation sites (N-methyl/N-ethyl adjacent to an activating group) is 1. The predicted octanol–water partition coefficient (Wildman–Crippen LogP) is 3.40. The van der Waals surface area contributed by atoms with Gasteiger partial charge in [0.05, 0.1) is 6.42 Å². The molecule has 0 aliphatic carbocycles. The zero-order chi connectivity index (χ0) is 13.0. The number of carbonyl (C=O) groups is 1. The van der Waals surface area contributed by atoms with Gasteiger partial charge < -0.3 is 5.32 Å². The number of nitrogens with one attached hydrogen (secondary N) is 1. The van der Waals surface area contributed by atoms with E-state index in [0.29, 0.717) is 6.42 Å². The molecule has 0 fully saturated rings. The Morgan fingerprint density at radius 2 is 1.50 bits per heavy atom. The molecule has 0 aliphatic heterocycles. The molecule has 0 aliphatic rings. The van der Waals surface area contributed by atoms with Crippen LogP contribution in [0.2, 0.25) is 0 Å². The van der Waals surface area contributed by atoms with Crippen molar-refractivity contribution in [3.63, 3.8) is 0 Å². The lowest BCUT2D eigenvalue weighted by Gasteiger charge is -2.04. The standard InChI is InChI=1S/C15H14BrNO/c1-17-15(18)10-11-2-4-12(5-3-11)13-6-8-14(16)9-7-13/h2-9H,10H2,1H3,(H,17,18). The highest BCUT2D eigenvalue weighted by molar-refractivity contribution is 9.10. The molecule has 2 nitrogen and oxygen atoms in total. The van der Waals surface area contributed by atoms with Crippen LogP contribution < -0.4 is 5.32 Å². The fourth-order valence-corrected chi connectivity index (χ4v) is 2.00. The molecular formula is C15H14BrNO. The van der Waals surface area contributed by atoms with Crippen molar-refractivity contribution in [3.8, 4) is 11.1 Å². The average molecular weight is 304 g/mol. The first-order chi connectivity index (χ1) is 8.69. The number of amides is 1. The van der Waals surface area contributed by atoms with Gasteiger partial charge in [-0.1, -0.05) is 52.3 Å².